The Morgan fingerprint density at radius 2 is 1.89 bits per heavy atom. The van der Waals surface area contributed by atoms with Gasteiger partial charge in [0.05, 0.1) is 11.4 Å². The van der Waals surface area contributed by atoms with Gasteiger partial charge in [0.25, 0.3) is 0 Å². The highest BCUT2D eigenvalue weighted by Gasteiger charge is 2.46. The van der Waals surface area contributed by atoms with E-state index in [4.69, 9.17) is 26.8 Å². The summed E-state index contributed by atoms with van der Waals surface area (Å²) in [6, 6.07) is 6.80. The van der Waals surface area contributed by atoms with Crippen molar-refractivity contribution in [1.82, 2.24) is 25.1 Å². The van der Waals surface area contributed by atoms with Crippen molar-refractivity contribution in [3.63, 3.8) is 0 Å². The quantitative estimate of drug-likeness (QED) is 0.311. The first kappa shape index (κ1) is 31.4. The van der Waals surface area contributed by atoms with Crippen molar-refractivity contribution in [2.24, 2.45) is 5.41 Å². The van der Waals surface area contributed by atoms with Gasteiger partial charge >= 0.3 is 12.1 Å². The number of piperidine rings is 1. The van der Waals surface area contributed by atoms with Gasteiger partial charge in [-0.25, -0.2) is 4.68 Å². The maximum Gasteiger partial charge on any atom is 0.429 e. The number of hydrogen-bond donors (Lipinski definition) is 2. The third-order valence-electron chi connectivity index (χ3n) is 9.11. The molecule has 3 aliphatic rings. The minimum atomic E-state index is -4.80. The van der Waals surface area contributed by atoms with Gasteiger partial charge in [-0.2, -0.15) is 28.2 Å². The summed E-state index contributed by atoms with van der Waals surface area (Å²) in [5, 5.41) is 7.89. The highest BCUT2D eigenvalue weighted by molar-refractivity contribution is 6.30. The topological polar surface area (TPSA) is 120 Å². The molecule has 2 aromatic heterocycles. The van der Waals surface area contributed by atoms with E-state index in [9.17, 15) is 18.0 Å². The second kappa shape index (κ2) is 12.7. The zero-order valence-corrected chi connectivity index (χ0v) is 25.8. The highest BCUT2D eigenvalue weighted by atomic mass is 35.5. The van der Waals surface area contributed by atoms with Gasteiger partial charge in [-0.3, -0.25) is 4.79 Å². The summed E-state index contributed by atoms with van der Waals surface area (Å²) in [7, 11) is 0. The predicted octanol–water partition coefficient (Wildman–Crippen LogP) is 5.71. The molecule has 3 N–H and O–H groups in total. The lowest BCUT2D eigenvalue weighted by Gasteiger charge is -2.39. The van der Waals surface area contributed by atoms with Crippen LogP contribution in [-0.4, -0.2) is 63.7 Å². The summed E-state index contributed by atoms with van der Waals surface area (Å²) in [6.07, 6.45) is 1.89. The molecule has 0 bridgehead atoms. The highest BCUT2D eigenvalue weighted by Crippen LogP contribution is 2.43. The number of nitrogens with two attached hydrogens (primary N) is 1. The van der Waals surface area contributed by atoms with Gasteiger partial charge in [-0.15, -0.1) is 0 Å². The van der Waals surface area contributed by atoms with Crippen molar-refractivity contribution in [3.8, 4) is 11.6 Å². The number of alkyl halides is 3. The first-order valence-corrected chi connectivity index (χ1v) is 15.7. The molecule has 14 heteroatoms. The number of nitrogens with one attached hydrogen (secondary N) is 1. The fourth-order valence-corrected chi connectivity index (χ4v) is 6.84. The second-order valence-corrected chi connectivity index (χ2v) is 12.8. The molecule has 2 saturated heterocycles. The van der Waals surface area contributed by atoms with E-state index in [1.165, 1.54) is 35.4 Å². The van der Waals surface area contributed by atoms with Crippen LogP contribution in [0.5, 0.6) is 5.88 Å². The van der Waals surface area contributed by atoms with E-state index >= 15 is 0 Å². The number of aryl methyl sites for hydroxylation is 1. The second-order valence-electron chi connectivity index (χ2n) is 12.4. The fourth-order valence-electron chi connectivity index (χ4n) is 6.67. The van der Waals surface area contributed by atoms with Crippen LogP contribution < -0.4 is 20.7 Å². The molecule has 2 aliphatic heterocycles. The Bertz CT molecular complexity index is 1520. The number of esters is 1. The molecule has 1 aliphatic carbocycles. The number of anilines is 2. The summed E-state index contributed by atoms with van der Waals surface area (Å²) >= 11 is 6.16. The molecular weight excluding hydrogens is 611 g/mol. The SMILES string of the molecule is Cc1ccn(-c2cc(Cl)ccc2[C@@H](Oc2cc(N3CCC4(CC3)CNC(C(=O)OC3CCCCC3)C4)nc(N)n2)C(F)(F)F)n1. The fraction of sp³-hybridized carbons (Fsp3) is 0.548. The Kier molecular flexibility index (Phi) is 8.84. The van der Waals surface area contributed by atoms with E-state index < -0.39 is 12.3 Å². The molecule has 6 rings (SSSR count). The van der Waals surface area contributed by atoms with E-state index in [1.807, 2.05) is 4.90 Å². The monoisotopic (exact) mass is 647 g/mol. The normalized spacial score (nSPS) is 21.2. The number of ether oxygens (including phenoxy) is 2. The molecule has 45 heavy (non-hydrogen) atoms. The zero-order chi connectivity index (χ0) is 31.8. The molecule has 10 nitrogen and oxygen atoms in total. The van der Waals surface area contributed by atoms with Crippen molar-refractivity contribution in [2.75, 3.05) is 30.3 Å². The Labute approximate surface area is 264 Å². The van der Waals surface area contributed by atoms with Crippen LogP contribution in [-0.2, 0) is 9.53 Å². The maximum absolute atomic E-state index is 14.5. The Morgan fingerprint density at radius 1 is 1.13 bits per heavy atom. The molecule has 0 amide bonds. The lowest BCUT2D eigenvalue weighted by Crippen LogP contribution is -2.41. The van der Waals surface area contributed by atoms with Gasteiger partial charge in [-0.05, 0) is 75.5 Å². The van der Waals surface area contributed by atoms with Gasteiger partial charge < -0.3 is 25.4 Å². The summed E-state index contributed by atoms with van der Waals surface area (Å²) in [5.41, 5.74) is 6.49. The minimum absolute atomic E-state index is 0.0177. The van der Waals surface area contributed by atoms with Gasteiger partial charge in [0.1, 0.15) is 18.0 Å². The van der Waals surface area contributed by atoms with Crippen LogP contribution in [0.2, 0.25) is 5.02 Å². The van der Waals surface area contributed by atoms with E-state index in [0.29, 0.717) is 37.6 Å². The number of halogens is 4. The minimum Gasteiger partial charge on any atom is -0.461 e. The van der Waals surface area contributed by atoms with Crippen LogP contribution in [0.4, 0.5) is 24.9 Å². The number of aromatic nitrogens is 4. The van der Waals surface area contributed by atoms with Crippen molar-refractivity contribution in [1.29, 1.82) is 0 Å². The van der Waals surface area contributed by atoms with Gasteiger partial charge in [0.15, 0.2) is 0 Å². The van der Waals surface area contributed by atoms with Crippen LogP contribution in [0.25, 0.3) is 5.69 Å². The third kappa shape index (κ3) is 7.14. The summed E-state index contributed by atoms with van der Waals surface area (Å²) in [6.45, 7) is 3.62. The van der Waals surface area contributed by atoms with Crippen LogP contribution in [0.3, 0.4) is 0 Å². The van der Waals surface area contributed by atoms with Crippen LogP contribution in [0.15, 0.2) is 36.5 Å². The van der Waals surface area contributed by atoms with Gasteiger partial charge in [-0.1, -0.05) is 24.1 Å². The molecule has 2 atom stereocenters. The molecule has 3 fully saturated rings. The molecule has 1 aromatic carbocycles. The van der Waals surface area contributed by atoms with Crippen LogP contribution in [0.1, 0.15) is 68.7 Å². The number of nitrogen functional groups attached to an aromatic ring is 1. The predicted molar refractivity (Wildman–Crippen MR) is 162 cm³/mol. The summed E-state index contributed by atoms with van der Waals surface area (Å²) in [4.78, 5) is 23.1. The van der Waals surface area contributed by atoms with Crippen molar-refractivity contribution in [3.05, 3.63) is 52.8 Å². The van der Waals surface area contributed by atoms with Crippen molar-refractivity contribution in [2.45, 2.75) is 82.7 Å². The Hall–Kier alpha value is -3.58. The number of rotatable bonds is 7. The summed E-state index contributed by atoms with van der Waals surface area (Å²) in [5.74, 6) is -0.287. The van der Waals surface area contributed by atoms with E-state index in [0.717, 1.165) is 38.5 Å². The van der Waals surface area contributed by atoms with E-state index in [-0.39, 0.29) is 51.6 Å². The van der Waals surface area contributed by atoms with Crippen LogP contribution >= 0.6 is 11.6 Å². The van der Waals surface area contributed by atoms with Gasteiger partial charge in [0, 0.05) is 42.5 Å². The molecule has 0 radical (unpaired) electrons. The van der Waals surface area contributed by atoms with E-state index in [2.05, 4.69) is 20.4 Å². The van der Waals surface area contributed by atoms with E-state index in [1.54, 1.807) is 19.2 Å². The summed E-state index contributed by atoms with van der Waals surface area (Å²) < 4.78 is 56.3. The first-order valence-electron chi connectivity index (χ1n) is 15.4. The molecule has 1 spiro atoms. The molecular formula is C31H37ClF3N7O3. The first-order chi connectivity index (χ1) is 21.5. The van der Waals surface area contributed by atoms with Gasteiger partial charge in [0.2, 0.25) is 17.9 Å². The third-order valence-corrected chi connectivity index (χ3v) is 9.35. The zero-order valence-electron chi connectivity index (χ0n) is 25.0. The molecule has 242 valence electrons. The molecule has 3 aromatic rings. The Morgan fingerprint density at radius 3 is 2.58 bits per heavy atom. The molecule has 1 saturated carbocycles. The Balaban J connectivity index is 1.15. The number of nitrogens with zero attached hydrogens (tertiary/aromatic N) is 5. The van der Waals surface area contributed by atoms with Crippen LogP contribution in [0, 0.1) is 12.3 Å². The molecule has 1 unspecified atom stereocenters. The lowest BCUT2D eigenvalue weighted by atomic mass is 9.76. The number of carbonyl (C=O) groups is 1. The van der Waals surface area contributed by atoms with Crippen molar-refractivity contribution < 1.29 is 27.4 Å². The lowest BCUT2D eigenvalue weighted by molar-refractivity contribution is -0.198. The average Bonchev–Trinajstić information content (AvgIpc) is 3.63. The standard InChI is InChI=1S/C31H37ClF3N7O3/c1-19-9-12-42(40-19)24-15-20(32)7-8-22(24)27(31(33,34)35)45-26-16-25(38-29(36)39-26)41-13-10-30(11-14-41)17-23(37-18-30)28(43)44-21-5-3-2-4-6-21/h7-9,12,15-16,21,23,27,37H,2-6,10-11,13-14,17-18H2,1H3,(H2,36,38,39)/t23?,27-/m1/s1. The maximum atomic E-state index is 14.5. The molecule has 4 heterocycles. The number of benzene rings is 1. The van der Waals surface area contributed by atoms with Crippen molar-refractivity contribution >= 4 is 29.3 Å². The largest absolute Gasteiger partial charge is 0.461 e. The average molecular weight is 648 g/mol. The number of carbonyl (C=O) groups excluding carboxylic acids is 1. The number of hydrogen-bond acceptors (Lipinski definition) is 9. The smallest absolute Gasteiger partial charge is 0.429 e.